The molecule has 1 aliphatic heterocycles. The number of benzene rings is 3. The highest BCUT2D eigenvalue weighted by molar-refractivity contribution is 6.30. The van der Waals surface area contributed by atoms with Gasteiger partial charge in [-0.25, -0.2) is 0 Å². The van der Waals surface area contributed by atoms with Gasteiger partial charge >= 0.3 is 0 Å². The summed E-state index contributed by atoms with van der Waals surface area (Å²) >= 11 is 6.08. The van der Waals surface area contributed by atoms with E-state index in [4.69, 9.17) is 22.1 Å². The smallest absolute Gasteiger partial charge is 0.244 e. The van der Waals surface area contributed by atoms with Crippen molar-refractivity contribution in [2.45, 2.75) is 5.92 Å². The number of allylic oxidation sites excluding steroid dienone is 1. The van der Waals surface area contributed by atoms with Crippen LogP contribution in [0, 0.1) is 11.3 Å². The van der Waals surface area contributed by atoms with E-state index in [1.807, 2.05) is 36.4 Å². The second-order valence-electron chi connectivity index (χ2n) is 6.82. The van der Waals surface area contributed by atoms with E-state index in [0.29, 0.717) is 16.5 Å². The summed E-state index contributed by atoms with van der Waals surface area (Å²) in [7, 11) is 0. The summed E-state index contributed by atoms with van der Waals surface area (Å²) in [6, 6.07) is 23.8. The number of H-pyrrole nitrogens is 1. The summed E-state index contributed by atoms with van der Waals surface area (Å²) in [5.41, 5.74) is 9.87. The van der Waals surface area contributed by atoms with Gasteiger partial charge in [0.1, 0.15) is 11.6 Å². The number of nitrogens with two attached hydrogens (primary N) is 1. The molecule has 1 atom stereocenters. The summed E-state index contributed by atoms with van der Waals surface area (Å²) in [6.07, 6.45) is 0. The molecule has 3 N–H and O–H groups in total. The first-order chi connectivity index (χ1) is 14.2. The van der Waals surface area contributed by atoms with Crippen LogP contribution in [0.15, 0.2) is 78.2 Å². The molecule has 1 unspecified atom stereocenters. The van der Waals surface area contributed by atoms with Crippen molar-refractivity contribution >= 4 is 22.4 Å². The van der Waals surface area contributed by atoms with Crippen LogP contribution in [0.4, 0.5) is 0 Å². The van der Waals surface area contributed by atoms with Gasteiger partial charge in [0.25, 0.3) is 0 Å². The second-order valence-corrected chi connectivity index (χ2v) is 7.26. The number of nitrogens with zero attached hydrogens (tertiary/aromatic N) is 2. The Morgan fingerprint density at radius 1 is 1.03 bits per heavy atom. The van der Waals surface area contributed by atoms with E-state index in [2.05, 4.69) is 34.5 Å². The molecule has 0 amide bonds. The predicted molar refractivity (Wildman–Crippen MR) is 112 cm³/mol. The Labute approximate surface area is 172 Å². The number of nitriles is 1. The Balaban J connectivity index is 1.78. The van der Waals surface area contributed by atoms with Crippen molar-refractivity contribution in [1.29, 1.82) is 5.26 Å². The molecule has 3 aromatic carbocycles. The molecule has 1 aliphatic rings. The first-order valence-electron chi connectivity index (χ1n) is 9.07. The minimum Gasteiger partial charge on any atom is -0.420 e. The molecule has 2 heterocycles. The van der Waals surface area contributed by atoms with Crippen LogP contribution in [0.5, 0.6) is 5.88 Å². The molecule has 0 aliphatic carbocycles. The lowest BCUT2D eigenvalue weighted by Crippen LogP contribution is -2.20. The summed E-state index contributed by atoms with van der Waals surface area (Å²) < 4.78 is 5.69. The highest BCUT2D eigenvalue weighted by Gasteiger charge is 2.35. The van der Waals surface area contributed by atoms with Gasteiger partial charge in [0.05, 0.1) is 17.2 Å². The molecular weight excluding hydrogens is 384 g/mol. The minimum atomic E-state index is -0.409. The summed E-state index contributed by atoms with van der Waals surface area (Å²) in [6.45, 7) is 0. The van der Waals surface area contributed by atoms with Crippen molar-refractivity contribution in [3.63, 3.8) is 0 Å². The number of fused-ring (bicyclic) bond motifs is 2. The highest BCUT2D eigenvalue weighted by Crippen LogP contribution is 2.46. The number of halogens is 1. The summed E-state index contributed by atoms with van der Waals surface area (Å²) in [5.74, 6) is 0.0361. The van der Waals surface area contributed by atoms with Gasteiger partial charge in [-0.3, -0.25) is 5.10 Å². The van der Waals surface area contributed by atoms with Crippen molar-refractivity contribution in [1.82, 2.24) is 10.2 Å². The van der Waals surface area contributed by atoms with Crippen molar-refractivity contribution in [3.05, 3.63) is 94.3 Å². The van der Waals surface area contributed by atoms with E-state index < -0.39 is 5.92 Å². The lowest BCUT2D eigenvalue weighted by atomic mass is 9.82. The van der Waals surface area contributed by atoms with Crippen molar-refractivity contribution in [2.24, 2.45) is 5.73 Å². The number of ether oxygens (including phenoxy) is 1. The largest absolute Gasteiger partial charge is 0.420 e. The van der Waals surface area contributed by atoms with E-state index in [-0.39, 0.29) is 5.88 Å². The number of hydrogen-bond acceptors (Lipinski definition) is 4. The summed E-state index contributed by atoms with van der Waals surface area (Å²) in [5, 5.41) is 20.1. The van der Waals surface area contributed by atoms with Crippen LogP contribution in [0.3, 0.4) is 0 Å². The van der Waals surface area contributed by atoms with Crippen molar-refractivity contribution in [2.75, 3.05) is 0 Å². The molecule has 6 heteroatoms. The third-order valence-electron chi connectivity index (χ3n) is 5.20. The number of aromatic nitrogens is 2. The third kappa shape index (κ3) is 2.74. The van der Waals surface area contributed by atoms with Gasteiger partial charge in [-0.1, -0.05) is 66.2 Å². The van der Waals surface area contributed by atoms with Gasteiger partial charge in [-0.2, -0.15) is 5.26 Å². The van der Waals surface area contributed by atoms with Gasteiger partial charge in [-0.15, -0.1) is 5.10 Å². The zero-order valence-electron chi connectivity index (χ0n) is 15.2. The van der Waals surface area contributed by atoms with Crippen molar-refractivity contribution < 1.29 is 4.74 Å². The molecule has 5 rings (SSSR count). The van der Waals surface area contributed by atoms with Crippen LogP contribution < -0.4 is 10.5 Å². The van der Waals surface area contributed by atoms with Gasteiger partial charge in [0.15, 0.2) is 0 Å². The van der Waals surface area contributed by atoms with Gasteiger partial charge in [0, 0.05) is 10.6 Å². The highest BCUT2D eigenvalue weighted by atomic mass is 35.5. The topological polar surface area (TPSA) is 87.7 Å². The van der Waals surface area contributed by atoms with E-state index >= 15 is 0 Å². The Hall–Kier alpha value is -3.75. The number of hydrogen-bond donors (Lipinski definition) is 2. The third-order valence-corrected chi connectivity index (χ3v) is 5.45. The molecule has 0 radical (unpaired) electrons. The van der Waals surface area contributed by atoms with Crippen LogP contribution in [0.25, 0.3) is 22.0 Å². The monoisotopic (exact) mass is 398 g/mol. The normalized spacial score (nSPS) is 15.7. The number of rotatable bonds is 2. The molecule has 0 spiro atoms. The molecule has 0 saturated carbocycles. The van der Waals surface area contributed by atoms with E-state index in [9.17, 15) is 5.26 Å². The molecule has 29 heavy (non-hydrogen) atoms. The zero-order chi connectivity index (χ0) is 20.0. The SMILES string of the molecule is N#CC1=C(N)Oc2n[nH]c(-c3cccc4ccccc34)c2C1c1ccc(Cl)cc1. The predicted octanol–water partition coefficient (Wildman–Crippen LogP) is 5.10. The first-order valence-corrected chi connectivity index (χ1v) is 9.44. The van der Waals surface area contributed by atoms with Crippen LogP contribution in [-0.2, 0) is 0 Å². The van der Waals surface area contributed by atoms with Crippen LogP contribution in [-0.4, -0.2) is 10.2 Å². The van der Waals surface area contributed by atoms with E-state index in [1.54, 1.807) is 12.1 Å². The van der Waals surface area contributed by atoms with Gasteiger partial charge in [0.2, 0.25) is 11.8 Å². The number of nitrogens with one attached hydrogen (secondary N) is 1. The average Bonchev–Trinajstić information content (AvgIpc) is 3.16. The quantitative estimate of drug-likeness (QED) is 0.491. The van der Waals surface area contributed by atoms with Crippen LogP contribution in [0.1, 0.15) is 17.0 Å². The molecule has 1 aromatic heterocycles. The Morgan fingerprint density at radius 3 is 2.59 bits per heavy atom. The van der Waals surface area contributed by atoms with Crippen LogP contribution >= 0.6 is 11.6 Å². The fourth-order valence-electron chi connectivity index (χ4n) is 3.88. The molecule has 4 aromatic rings. The van der Waals surface area contributed by atoms with Crippen LogP contribution in [0.2, 0.25) is 5.02 Å². The maximum Gasteiger partial charge on any atom is 0.244 e. The second kappa shape index (κ2) is 6.69. The minimum absolute atomic E-state index is 0.0657. The maximum absolute atomic E-state index is 9.82. The fourth-order valence-corrected chi connectivity index (χ4v) is 4.01. The lowest BCUT2D eigenvalue weighted by molar-refractivity contribution is 0.379. The van der Waals surface area contributed by atoms with Crippen molar-refractivity contribution in [3.8, 4) is 23.2 Å². The molecule has 0 fully saturated rings. The fraction of sp³-hybridized carbons (Fsp3) is 0.0435. The average molecular weight is 399 g/mol. The first kappa shape index (κ1) is 17.4. The lowest BCUT2D eigenvalue weighted by Gasteiger charge is -2.24. The standard InChI is InChI=1S/C23H15ClN4O/c24-15-10-8-14(9-11-15)19-18(12-25)22(26)29-23-20(19)21(27-28-23)17-7-3-5-13-4-1-2-6-16(13)17/h1-11,19H,26H2,(H,27,28). The Morgan fingerprint density at radius 2 is 1.79 bits per heavy atom. The van der Waals surface area contributed by atoms with E-state index in [0.717, 1.165) is 33.2 Å². The molecule has 5 nitrogen and oxygen atoms in total. The zero-order valence-corrected chi connectivity index (χ0v) is 15.9. The molecular formula is C23H15ClN4O. The van der Waals surface area contributed by atoms with E-state index in [1.165, 1.54) is 0 Å². The Kier molecular flexibility index (Phi) is 4.01. The Bertz CT molecular complexity index is 1310. The molecule has 0 bridgehead atoms. The van der Waals surface area contributed by atoms with Gasteiger partial charge < -0.3 is 10.5 Å². The molecule has 0 saturated heterocycles. The van der Waals surface area contributed by atoms with Gasteiger partial charge in [-0.05, 0) is 28.5 Å². The molecule has 140 valence electrons. The maximum atomic E-state index is 9.82. The summed E-state index contributed by atoms with van der Waals surface area (Å²) in [4.78, 5) is 0. The number of aromatic amines is 1.